The van der Waals surface area contributed by atoms with Gasteiger partial charge in [-0.15, -0.1) is 0 Å². The highest BCUT2D eigenvalue weighted by Crippen LogP contribution is 2.37. The molecule has 0 radical (unpaired) electrons. The Morgan fingerprint density at radius 1 is 0.260 bits per heavy atom. The lowest BCUT2D eigenvalue weighted by Gasteiger charge is -2.25. The molecular formula is C132H144Cl2F4N6O2. The summed E-state index contributed by atoms with van der Waals surface area (Å²) in [7, 11) is 3.33. The Balaban J connectivity index is 0.000000167. The van der Waals surface area contributed by atoms with Gasteiger partial charge in [0, 0.05) is 103 Å². The molecule has 8 nitrogen and oxygen atoms in total. The Labute approximate surface area is 877 Å². The van der Waals surface area contributed by atoms with Gasteiger partial charge in [0.05, 0.1) is 0 Å². The Bertz CT molecular complexity index is 6060. The lowest BCUT2D eigenvalue weighted by atomic mass is 9.88. The number of nitrogens with one attached hydrogen (secondary N) is 5. The fourth-order valence-corrected chi connectivity index (χ4v) is 19.2. The summed E-state index contributed by atoms with van der Waals surface area (Å²) in [5.41, 5.74) is 19.0. The summed E-state index contributed by atoms with van der Waals surface area (Å²) >= 11 is 12.2. The van der Waals surface area contributed by atoms with Crippen molar-refractivity contribution in [2.45, 2.75) is 165 Å². The molecule has 146 heavy (non-hydrogen) atoms. The summed E-state index contributed by atoms with van der Waals surface area (Å²) in [6.07, 6.45) is 9.10. The van der Waals surface area contributed by atoms with Gasteiger partial charge < -0.3 is 31.5 Å². The van der Waals surface area contributed by atoms with Crippen LogP contribution in [-0.2, 0) is 9.59 Å². The maximum Gasteiger partial charge on any atom is 0.223 e. The first kappa shape index (κ1) is 113. The highest BCUT2D eigenvalue weighted by Gasteiger charge is 2.26. The van der Waals surface area contributed by atoms with Crippen LogP contribution in [0.1, 0.15) is 254 Å². The van der Waals surface area contributed by atoms with Gasteiger partial charge in [-0.05, 0) is 246 Å². The maximum atomic E-state index is 13.4. The molecule has 16 aromatic rings. The molecule has 0 heterocycles. The summed E-state index contributed by atoms with van der Waals surface area (Å²) in [5.74, 6) is -0.221. The standard InChI is InChI=1S/2C25H29N.2C24H26ClN.2C17H17F2NO/c1-20(2)25(23-16-10-5-11-17-23)26-19-18-24(21-12-6-3-7-13-21)22-14-8-4-9-15-22;1-2-12-25(23-17-10-5-11-18-23)26-20-19-24(21-13-6-3-7-14-21)22-15-8-4-9-16-22;1-2-24(21-14-9-15-22(25)18-21)26-17-16-23(19-10-5-3-6-11-19)20-12-7-4-8-13-20;1-2-24(21-13-15-22(25)16-14-21)26-18-17-23(19-9-5-3-6-10-19)20-11-7-4-8-12-20;1-20(2)17(21)11-16(12-5-3-7-14(18)9-12)13-6-4-8-15(19)10-13;1-2-20-17(21)11-16(12-5-3-7-14(18)9-12)13-6-4-8-15(19)10-13/h3-17,20,24-26H,18-19H2,1-2H3;3-11,13-18,24-26H,2,12,19-20H2,1H3;3-15,18,23-24,26H,2,16-17H2,1H3;3-16,23-24,26H,2,17-18H2,1H3;3-10,16H,11H2,1-2H3;3-10,16H,2,11H2,1H3,(H,20,21). The molecular weight excluding hydrogens is 1850 g/mol. The monoisotopic (exact) mass is 1990 g/mol. The quantitative estimate of drug-likeness (QED) is 0.0245. The normalized spacial score (nSPS) is 11.8. The molecule has 0 fully saturated rings. The van der Waals surface area contributed by atoms with E-state index in [-0.39, 0.29) is 59.8 Å². The molecule has 0 aliphatic rings. The van der Waals surface area contributed by atoms with Crippen LogP contribution < -0.4 is 26.6 Å². The predicted octanol–water partition coefficient (Wildman–Crippen LogP) is 32.9. The maximum absolute atomic E-state index is 13.4. The summed E-state index contributed by atoms with van der Waals surface area (Å²) < 4.78 is 53.8. The van der Waals surface area contributed by atoms with Gasteiger partial charge in [0.15, 0.2) is 0 Å². The van der Waals surface area contributed by atoms with Crippen molar-refractivity contribution in [2.75, 3.05) is 46.8 Å². The Hall–Kier alpha value is -13.4. The lowest BCUT2D eigenvalue weighted by Crippen LogP contribution is -2.27. The van der Waals surface area contributed by atoms with Crippen LogP contribution in [-0.4, -0.2) is 63.5 Å². The number of hydrogen-bond acceptors (Lipinski definition) is 6. The topological polar surface area (TPSA) is 97.5 Å². The van der Waals surface area contributed by atoms with Crippen LogP contribution in [0.2, 0.25) is 10.0 Å². The van der Waals surface area contributed by atoms with E-state index in [0.29, 0.717) is 82.6 Å². The minimum atomic E-state index is -0.372. The van der Waals surface area contributed by atoms with Gasteiger partial charge in [-0.2, -0.15) is 0 Å². The van der Waals surface area contributed by atoms with Crippen molar-refractivity contribution >= 4 is 35.0 Å². The van der Waals surface area contributed by atoms with Crippen molar-refractivity contribution in [1.82, 2.24) is 31.5 Å². The second-order valence-corrected chi connectivity index (χ2v) is 38.2. The average molecular weight is 1990 g/mol. The molecule has 0 bridgehead atoms. The smallest absolute Gasteiger partial charge is 0.223 e. The summed E-state index contributed by atoms with van der Waals surface area (Å²) in [4.78, 5) is 25.4. The molecule has 14 heteroatoms. The van der Waals surface area contributed by atoms with Gasteiger partial charge in [0.2, 0.25) is 11.8 Å². The number of benzene rings is 16. The molecule has 4 atom stereocenters. The van der Waals surface area contributed by atoms with Crippen molar-refractivity contribution in [3.63, 3.8) is 0 Å². The van der Waals surface area contributed by atoms with Gasteiger partial charge in [-0.1, -0.05) is 440 Å². The minimum Gasteiger partial charge on any atom is -0.356 e. The molecule has 5 N–H and O–H groups in total. The van der Waals surface area contributed by atoms with Crippen LogP contribution in [0.4, 0.5) is 17.6 Å². The third-order valence-corrected chi connectivity index (χ3v) is 27.0. The van der Waals surface area contributed by atoms with Crippen molar-refractivity contribution in [3.8, 4) is 0 Å². The van der Waals surface area contributed by atoms with E-state index in [9.17, 15) is 27.2 Å². The highest BCUT2D eigenvalue weighted by atomic mass is 35.5. The molecule has 0 saturated heterocycles. The van der Waals surface area contributed by atoms with E-state index in [1.807, 2.05) is 31.2 Å². The minimum absolute atomic E-state index is 0.0893. The van der Waals surface area contributed by atoms with E-state index in [1.165, 1.54) is 133 Å². The summed E-state index contributed by atoms with van der Waals surface area (Å²) in [6.45, 7) is 17.6. The van der Waals surface area contributed by atoms with Crippen LogP contribution in [0.15, 0.2) is 449 Å². The summed E-state index contributed by atoms with van der Waals surface area (Å²) in [6, 6.07) is 150. The molecule has 2 amide bonds. The second kappa shape index (κ2) is 63.1. The van der Waals surface area contributed by atoms with Crippen molar-refractivity contribution in [3.05, 3.63) is 571 Å². The number of carbonyl (C=O) groups excluding carboxylic acids is 2. The molecule has 0 spiro atoms. The zero-order chi connectivity index (χ0) is 103. The van der Waals surface area contributed by atoms with Crippen molar-refractivity contribution in [2.24, 2.45) is 5.92 Å². The van der Waals surface area contributed by atoms with Crippen molar-refractivity contribution < 1.29 is 27.2 Å². The first-order chi connectivity index (χ1) is 71.3. The predicted molar refractivity (Wildman–Crippen MR) is 602 cm³/mol. The molecule has 16 rings (SSSR count). The van der Waals surface area contributed by atoms with E-state index < -0.39 is 0 Å². The zero-order valence-corrected chi connectivity index (χ0v) is 87.2. The second-order valence-electron chi connectivity index (χ2n) is 37.4. The van der Waals surface area contributed by atoms with Crippen LogP contribution >= 0.6 is 23.2 Å². The molecule has 0 aliphatic heterocycles. The number of rotatable bonds is 42. The zero-order valence-electron chi connectivity index (χ0n) is 85.7. The van der Waals surface area contributed by atoms with E-state index in [1.54, 1.807) is 62.6 Å². The molecule has 756 valence electrons. The van der Waals surface area contributed by atoms with E-state index >= 15 is 0 Å². The van der Waals surface area contributed by atoms with Crippen LogP contribution in [0.25, 0.3) is 0 Å². The number of halogens is 6. The first-order valence-corrected chi connectivity index (χ1v) is 52.4. The van der Waals surface area contributed by atoms with E-state index in [2.05, 4.69) is 389 Å². The van der Waals surface area contributed by atoms with Crippen LogP contribution in [0, 0.1) is 29.2 Å². The molecule has 0 saturated carbocycles. The molecule has 16 aromatic carbocycles. The van der Waals surface area contributed by atoms with Crippen molar-refractivity contribution in [1.29, 1.82) is 0 Å². The Morgan fingerprint density at radius 3 is 0.801 bits per heavy atom. The summed E-state index contributed by atoms with van der Waals surface area (Å²) in [5, 5.41) is 19.4. The first-order valence-electron chi connectivity index (χ1n) is 51.7. The SMILES string of the molecule is CC(C)C(NCCC(c1ccccc1)c1ccccc1)c1ccccc1.CCC(NCCC(c1ccccc1)c1ccccc1)c1ccc(Cl)cc1.CCC(NCCC(c1ccccc1)c1ccccc1)c1cccc(Cl)c1.CCCC(NCCC(c1ccccc1)c1ccccc1)c1ccccc1.CCNC(=O)CC(c1cccc(F)c1)c1cccc(F)c1.CN(C)C(=O)CC(c1cccc(F)c1)c1cccc(F)c1. The largest absolute Gasteiger partial charge is 0.356 e. The van der Waals surface area contributed by atoms with Gasteiger partial charge in [-0.25, -0.2) is 17.6 Å². The third kappa shape index (κ3) is 37.9. The third-order valence-electron chi connectivity index (χ3n) is 26.5. The number of carbonyl (C=O) groups is 2. The molecule has 0 aromatic heterocycles. The lowest BCUT2D eigenvalue weighted by molar-refractivity contribution is -0.129. The number of amides is 2. The van der Waals surface area contributed by atoms with Gasteiger partial charge in [0.1, 0.15) is 23.3 Å². The van der Waals surface area contributed by atoms with E-state index in [4.69, 9.17) is 23.2 Å². The van der Waals surface area contributed by atoms with Gasteiger partial charge >= 0.3 is 0 Å². The molecule has 4 unspecified atom stereocenters. The Morgan fingerprint density at radius 2 is 0.521 bits per heavy atom. The Kier molecular flexibility index (Phi) is 48.8. The van der Waals surface area contributed by atoms with Gasteiger partial charge in [0.25, 0.3) is 0 Å². The fourth-order valence-electron chi connectivity index (χ4n) is 18.9. The average Bonchev–Trinajstić information content (AvgIpc) is 0.850. The van der Waals surface area contributed by atoms with Gasteiger partial charge in [-0.3, -0.25) is 9.59 Å². The van der Waals surface area contributed by atoms with E-state index in [0.717, 1.165) is 74.7 Å². The number of hydrogen-bond donors (Lipinski definition) is 5. The fraction of sp³-hybridized carbons (Fsp3) is 0.258. The highest BCUT2D eigenvalue weighted by molar-refractivity contribution is 6.30. The molecule has 0 aliphatic carbocycles. The van der Waals surface area contributed by atoms with Crippen LogP contribution in [0.3, 0.4) is 0 Å². The number of nitrogens with zero attached hydrogens (tertiary/aromatic N) is 1. The van der Waals surface area contributed by atoms with Crippen LogP contribution in [0.5, 0.6) is 0 Å².